The summed E-state index contributed by atoms with van der Waals surface area (Å²) in [5.41, 5.74) is 2.11. The van der Waals surface area contributed by atoms with E-state index in [-0.39, 0.29) is 30.3 Å². The Kier molecular flexibility index (Phi) is 6.16. The van der Waals surface area contributed by atoms with Crippen LogP contribution in [-0.2, 0) is 9.59 Å². The number of hydrogen-bond donors (Lipinski definition) is 3. The number of piperidine rings is 1. The summed E-state index contributed by atoms with van der Waals surface area (Å²) in [6, 6.07) is 8.29. The van der Waals surface area contributed by atoms with Crippen molar-refractivity contribution in [1.82, 2.24) is 16.0 Å². The van der Waals surface area contributed by atoms with Crippen molar-refractivity contribution in [1.29, 1.82) is 0 Å². The van der Waals surface area contributed by atoms with Crippen LogP contribution < -0.4 is 16.0 Å². The van der Waals surface area contributed by atoms with Gasteiger partial charge in [-0.2, -0.15) is 0 Å². The van der Waals surface area contributed by atoms with Gasteiger partial charge < -0.3 is 16.0 Å². The van der Waals surface area contributed by atoms with E-state index in [1.807, 2.05) is 31.2 Å². The number of amides is 2. The van der Waals surface area contributed by atoms with Gasteiger partial charge in [0.2, 0.25) is 11.8 Å². The molecule has 126 valence electrons. The maximum absolute atomic E-state index is 12.4. The first kappa shape index (κ1) is 17.5. The van der Waals surface area contributed by atoms with Crippen molar-refractivity contribution in [2.45, 2.75) is 58.2 Å². The molecule has 1 aromatic rings. The molecule has 1 saturated heterocycles. The van der Waals surface area contributed by atoms with E-state index in [9.17, 15) is 9.59 Å². The van der Waals surface area contributed by atoms with Crippen LogP contribution in [-0.4, -0.2) is 30.4 Å². The van der Waals surface area contributed by atoms with Gasteiger partial charge in [-0.3, -0.25) is 9.59 Å². The van der Waals surface area contributed by atoms with E-state index in [1.165, 1.54) is 6.92 Å². The highest BCUT2D eigenvalue weighted by Gasteiger charge is 2.22. The molecule has 0 aliphatic carbocycles. The summed E-state index contributed by atoms with van der Waals surface area (Å²) in [7, 11) is 0. The molecule has 23 heavy (non-hydrogen) atoms. The highest BCUT2D eigenvalue weighted by atomic mass is 16.2. The minimum atomic E-state index is -0.285. The van der Waals surface area contributed by atoms with E-state index in [4.69, 9.17) is 0 Å². The average Bonchev–Trinajstić information content (AvgIpc) is 2.46. The molecular formula is C18H27N3O2. The summed E-state index contributed by atoms with van der Waals surface area (Å²) < 4.78 is 0. The minimum absolute atomic E-state index is 0.0107. The maximum Gasteiger partial charge on any atom is 0.222 e. The van der Waals surface area contributed by atoms with Crippen molar-refractivity contribution in [3.63, 3.8) is 0 Å². The SMILES string of the molecule is CC(=O)NC(CC(=O)NC1CCNC(C)C1)c1ccc(C)cc1. The lowest BCUT2D eigenvalue weighted by molar-refractivity contribution is -0.123. The van der Waals surface area contributed by atoms with Gasteiger partial charge in [0, 0.05) is 19.0 Å². The van der Waals surface area contributed by atoms with Crippen LogP contribution in [0.4, 0.5) is 0 Å². The first-order valence-electron chi connectivity index (χ1n) is 8.30. The van der Waals surface area contributed by atoms with E-state index in [1.54, 1.807) is 0 Å². The second-order valence-corrected chi connectivity index (χ2v) is 6.51. The van der Waals surface area contributed by atoms with Crippen molar-refractivity contribution in [2.24, 2.45) is 0 Å². The quantitative estimate of drug-likeness (QED) is 0.776. The fourth-order valence-corrected chi connectivity index (χ4v) is 3.03. The molecule has 0 radical (unpaired) electrons. The van der Waals surface area contributed by atoms with Crippen molar-refractivity contribution in [2.75, 3.05) is 6.54 Å². The van der Waals surface area contributed by atoms with Crippen molar-refractivity contribution < 1.29 is 9.59 Å². The molecular weight excluding hydrogens is 290 g/mol. The molecule has 1 fully saturated rings. The molecule has 3 atom stereocenters. The van der Waals surface area contributed by atoms with Crippen LogP contribution in [0.3, 0.4) is 0 Å². The average molecular weight is 317 g/mol. The number of nitrogens with one attached hydrogen (secondary N) is 3. The fraction of sp³-hybridized carbons (Fsp3) is 0.556. The summed E-state index contributed by atoms with van der Waals surface area (Å²) in [4.78, 5) is 23.8. The Bertz CT molecular complexity index is 542. The molecule has 1 aliphatic heterocycles. The van der Waals surface area contributed by atoms with Crippen LogP contribution >= 0.6 is 0 Å². The maximum atomic E-state index is 12.4. The number of hydrogen-bond acceptors (Lipinski definition) is 3. The molecule has 3 unspecified atom stereocenters. The fourth-order valence-electron chi connectivity index (χ4n) is 3.03. The Balaban J connectivity index is 1.97. The van der Waals surface area contributed by atoms with Gasteiger partial charge in [-0.05, 0) is 38.8 Å². The lowest BCUT2D eigenvalue weighted by atomic mass is 9.99. The van der Waals surface area contributed by atoms with Gasteiger partial charge in [-0.15, -0.1) is 0 Å². The third-order valence-electron chi connectivity index (χ3n) is 4.24. The van der Waals surface area contributed by atoms with Crippen LogP contribution in [0, 0.1) is 6.92 Å². The van der Waals surface area contributed by atoms with Crippen molar-refractivity contribution in [3.05, 3.63) is 35.4 Å². The van der Waals surface area contributed by atoms with E-state index in [0.29, 0.717) is 6.04 Å². The van der Waals surface area contributed by atoms with E-state index >= 15 is 0 Å². The number of carbonyl (C=O) groups is 2. The highest BCUT2D eigenvalue weighted by molar-refractivity contribution is 5.79. The van der Waals surface area contributed by atoms with Gasteiger partial charge in [0.15, 0.2) is 0 Å². The summed E-state index contributed by atoms with van der Waals surface area (Å²) in [6.07, 6.45) is 2.16. The van der Waals surface area contributed by atoms with Gasteiger partial charge in [0.1, 0.15) is 0 Å². The van der Waals surface area contributed by atoms with Crippen LogP contribution in [0.5, 0.6) is 0 Å². The molecule has 2 rings (SSSR count). The predicted octanol–water partition coefficient (Wildman–Crippen LogP) is 1.82. The summed E-state index contributed by atoms with van der Waals surface area (Å²) in [6.45, 7) is 6.56. The summed E-state index contributed by atoms with van der Waals surface area (Å²) in [5, 5.41) is 9.36. The Morgan fingerprint density at radius 1 is 1.30 bits per heavy atom. The number of benzene rings is 1. The molecule has 0 spiro atoms. The largest absolute Gasteiger partial charge is 0.353 e. The molecule has 2 amide bonds. The third kappa shape index (κ3) is 5.67. The van der Waals surface area contributed by atoms with Crippen LogP contribution in [0.2, 0.25) is 0 Å². The molecule has 0 saturated carbocycles. The van der Waals surface area contributed by atoms with E-state index in [0.717, 1.165) is 30.5 Å². The Labute approximate surface area is 138 Å². The van der Waals surface area contributed by atoms with E-state index < -0.39 is 0 Å². The van der Waals surface area contributed by atoms with Crippen molar-refractivity contribution >= 4 is 11.8 Å². The van der Waals surface area contributed by atoms with Crippen molar-refractivity contribution in [3.8, 4) is 0 Å². The standard InChI is InChI=1S/C18H27N3O2/c1-12-4-6-15(7-5-12)17(20-14(3)22)11-18(23)21-16-8-9-19-13(2)10-16/h4-7,13,16-17,19H,8-11H2,1-3H3,(H,20,22)(H,21,23). The summed E-state index contributed by atoms with van der Waals surface area (Å²) in [5.74, 6) is -0.137. The highest BCUT2D eigenvalue weighted by Crippen LogP contribution is 2.18. The first-order valence-corrected chi connectivity index (χ1v) is 8.30. The van der Waals surface area contributed by atoms with Crippen LogP contribution in [0.25, 0.3) is 0 Å². The predicted molar refractivity (Wildman–Crippen MR) is 91.0 cm³/mol. The number of aryl methyl sites for hydroxylation is 1. The lowest BCUT2D eigenvalue weighted by Crippen LogP contribution is -2.47. The number of rotatable bonds is 5. The Morgan fingerprint density at radius 3 is 2.61 bits per heavy atom. The molecule has 1 aromatic carbocycles. The molecule has 0 bridgehead atoms. The molecule has 0 aromatic heterocycles. The second-order valence-electron chi connectivity index (χ2n) is 6.51. The first-order chi connectivity index (χ1) is 10.9. The molecule has 1 aliphatic rings. The zero-order valence-electron chi connectivity index (χ0n) is 14.2. The molecule has 5 nitrogen and oxygen atoms in total. The zero-order chi connectivity index (χ0) is 16.8. The van der Waals surface area contributed by atoms with Gasteiger partial charge in [0.25, 0.3) is 0 Å². The van der Waals surface area contributed by atoms with Gasteiger partial charge >= 0.3 is 0 Å². The van der Waals surface area contributed by atoms with Gasteiger partial charge in [-0.1, -0.05) is 29.8 Å². The Hall–Kier alpha value is -1.88. The second kappa shape index (κ2) is 8.11. The lowest BCUT2D eigenvalue weighted by Gasteiger charge is -2.29. The smallest absolute Gasteiger partial charge is 0.222 e. The van der Waals surface area contributed by atoms with E-state index in [2.05, 4.69) is 22.9 Å². The Morgan fingerprint density at radius 2 is 2.00 bits per heavy atom. The van der Waals surface area contributed by atoms with Crippen LogP contribution in [0.15, 0.2) is 24.3 Å². The topological polar surface area (TPSA) is 70.2 Å². The third-order valence-corrected chi connectivity index (χ3v) is 4.24. The van der Waals surface area contributed by atoms with Crippen LogP contribution in [0.1, 0.15) is 50.3 Å². The molecule has 3 N–H and O–H groups in total. The monoisotopic (exact) mass is 317 g/mol. The molecule has 5 heteroatoms. The van der Waals surface area contributed by atoms with Gasteiger partial charge in [-0.25, -0.2) is 0 Å². The number of carbonyl (C=O) groups excluding carboxylic acids is 2. The minimum Gasteiger partial charge on any atom is -0.353 e. The zero-order valence-corrected chi connectivity index (χ0v) is 14.2. The summed E-state index contributed by atoms with van der Waals surface area (Å²) >= 11 is 0. The molecule has 1 heterocycles. The van der Waals surface area contributed by atoms with Gasteiger partial charge in [0.05, 0.1) is 12.5 Å². The normalized spacial score (nSPS) is 22.2.